The lowest BCUT2D eigenvalue weighted by molar-refractivity contribution is -0.121. The van der Waals surface area contributed by atoms with Crippen LogP contribution in [0.1, 0.15) is 26.0 Å². The van der Waals surface area contributed by atoms with Gasteiger partial charge in [-0.2, -0.15) is 0 Å². The second kappa shape index (κ2) is 6.95. The topological polar surface area (TPSA) is 80.3 Å². The summed E-state index contributed by atoms with van der Waals surface area (Å²) in [6.07, 6.45) is 0.529. The van der Waals surface area contributed by atoms with Crippen LogP contribution in [-0.4, -0.2) is 30.1 Å². The maximum Gasteiger partial charge on any atom is 0.413 e. The largest absolute Gasteiger partial charge is 0.453 e. The number of anilines is 1. The summed E-state index contributed by atoms with van der Waals surface area (Å²) >= 11 is 1.26. The van der Waals surface area contributed by atoms with Gasteiger partial charge < -0.3 is 10.1 Å². The summed E-state index contributed by atoms with van der Waals surface area (Å²) in [7, 11) is 1.28. The van der Waals surface area contributed by atoms with Crippen LogP contribution in [0.3, 0.4) is 0 Å². The first kappa shape index (κ1) is 14.4. The van der Waals surface area contributed by atoms with Gasteiger partial charge in [-0.3, -0.25) is 10.1 Å². The maximum absolute atomic E-state index is 11.6. The first-order valence-electron chi connectivity index (χ1n) is 5.63. The number of rotatable bonds is 5. The number of amides is 2. The zero-order valence-electron chi connectivity index (χ0n) is 10.6. The van der Waals surface area contributed by atoms with E-state index in [1.807, 2.05) is 13.8 Å². The molecule has 0 radical (unpaired) electrons. The zero-order valence-corrected chi connectivity index (χ0v) is 11.5. The van der Waals surface area contributed by atoms with Crippen LogP contribution in [0.5, 0.6) is 0 Å². The lowest BCUT2D eigenvalue weighted by Gasteiger charge is -2.10. The Morgan fingerprint density at radius 3 is 2.89 bits per heavy atom. The number of carbonyl (C=O) groups excluding carboxylic acids is 2. The van der Waals surface area contributed by atoms with Gasteiger partial charge in [0.25, 0.3) is 0 Å². The predicted octanol–water partition coefficient (Wildman–Crippen LogP) is 1.78. The molecule has 7 heteroatoms. The number of methoxy groups -OCH3 is 1. The summed E-state index contributed by atoms with van der Waals surface area (Å²) in [5.74, 6) is -0.0701. The Morgan fingerprint density at radius 2 is 2.28 bits per heavy atom. The molecule has 0 aliphatic heterocycles. The number of hydrogen-bond acceptors (Lipinski definition) is 5. The van der Waals surface area contributed by atoms with Crippen molar-refractivity contribution in [2.24, 2.45) is 0 Å². The van der Waals surface area contributed by atoms with Crippen LogP contribution in [0, 0.1) is 0 Å². The number of carbonyl (C=O) groups is 2. The second-order valence-corrected chi connectivity index (χ2v) is 4.67. The van der Waals surface area contributed by atoms with Crippen molar-refractivity contribution in [2.75, 3.05) is 12.4 Å². The molecule has 1 heterocycles. The van der Waals surface area contributed by atoms with Crippen LogP contribution in [0.25, 0.3) is 0 Å². The molecule has 0 saturated carbocycles. The quantitative estimate of drug-likeness (QED) is 0.855. The second-order valence-electron chi connectivity index (χ2n) is 3.81. The fourth-order valence-electron chi connectivity index (χ4n) is 1.18. The number of hydrogen-bond donors (Lipinski definition) is 2. The first-order chi connectivity index (χ1) is 8.55. The molecule has 0 aliphatic rings. The van der Waals surface area contributed by atoms with Gasteiger partial charge in [0, 0.05) is 11.4 Å². The van der Waals surface area contributed by atoms with Crippen molar-refractivity contribution in [2.45, 2.75) is 32.7 Å². The molecular weight excluding hydrogens is 254 g/mol. The fraction of sp³-hybridized carbons (Fsp3) is 0.545. The highest BCUT2D eigenvalue weighted by atomic mass is 32.1. The molecular formula is C11H17N3O3S. The molecule has 0 aromatic carbocycles. The lowest BCUT2D eigenvalue weighted by atomic mass is 10.2. The average Bonchev–Trinajstić information content (AvgIpc) is 2.75. The van der Waals surface area contributed by atoms with E-state index in [1.165, 1.54) is 18.4 Å². The van der Waals surface area contributed by atoms with Crippen molar-refractivity contribution in [1.82, 2.24) is 10.3 Å². The summed E-state index contributed by atoms with van der Waals surface area (Å²) in [5, 5.41) is 7.47. The third kappa shape index (κ3) is 4.70. The number of nitrogens with one attached hydrogen (secondary N) is 2. The van der Waals surface area contributed by atoms with Gasteiger partial charge in [-0.25, -0.2) is 9.78 Å². The Morgan fingerprint density at radius 1 is 1.56 bits per heavy atom. The Bertz CT molecular complexity index is 419. The van der Waals surface area contributed by atoms with Gasteiger partial charge in [0.1, 0.15) is 0 Å². The van der Waals surface area contributed by atoms with Gasteiger partial charge in [0.15, 0.2) is 5.13 Å². The average molecular weight is 271 g/mol. The normalized spacial score (nSPS) is 11.7. The molecule has 1 rings (SSSR count). The van der Waals surface area contributed by atoms with E-state index in [9.17, 15) is 9.59 Å². The fourth-order valence-corrected chi connectivity index (χ4v) is 1.87. The molecule has 2 amide bonds. The van der Waals surface area contributed by atoms with E-state index in [0.29, 0.717) is 10.8 Å². The SMILES string of the molecule is CC[C@@H](C)NC(=O)Cc1csc(NC(=O)OC)n1. The first-order valence-corrected chi connectivity index (χ1v) is 6.51. The lowest BCUT2D eigenvalue weighted by Crippen LogP contribution is -2.33. The van der Waals surface area contributed by atoms with Gasteiger partial charge in [-0.1, -0.05) is 6.92 Å². The summed E-state index contributed by atoms with van der Waals surface area (Å²) < 4.78 is 4.45. The molecule has 0 saturated heterocycles. The highest BCUT2D eigenvalue weighted by Crippen LogP contribution is 2.15. The van der Waals surface area contributed by atoms with Gasteiger partial charge in [0.2, 0.25) is 5.91 Å². The van der Waals surface area contributed by atoms with Gasteiger partial charge >= 0.3 is 6.09 Å². The van der Waals surface area contributed by atoms with E-state index in [2.05, 4.69) is 20.4 Å². The van der Waals surface area contributed by atoms with Crippen LogP contribution in [-0.2, 0) is 16.0 Å². The molecule has 0 fully saturated rings. The maximum atomic E-state index is 11.6. The van der Waals surface area contributed by atoms with Crippen molar-refractivity contribution >= 4 is 28.5 Å². The Labute approximate surface area is 110 Å². The molecule has 1 aromatic heterocycles. The van der Waals surface area contributed by atoms with Gasteiger partial charge in [-0.15, -0.1) is 11.3 Å². The van der Waals surface area contributed by atoms with E-state index in [1.54, 1.807) is 5.38 Å². The molecule has 1 atom stereocenters. The molecule has 6 nitrogen and oxygen atoms in total. The van der Waals surface area contributed by atoms with Crippen LogP contribution in [0.2, 0.25) is 0 Å². The molecule has 0 aliphatic carbocycles. The Balaban J connectivity index is 2.48. The minimum atomic E-state index is -0.569. The predicted molar refractivity (Wildman–Crippen MR) is 69.7 cm³/mol. The number of nitrogens with zero attached hydrogens (tertiary/aromatic N) is 1. The summed E-state index contributed by atoms with van der Waals surface area (Å²) in [4.78, 5) is 26.7. The Hall–Kier alpha value is -1.63. The van der Waals surface area contributed by atoms with Crippen molar-refractivity contribution in [1.29, 1.82) is 0 Å². The summed E-state index contributed by atoms with van der Waals surface area (Å²) in [5.41, 5.74) is 0.632. The minimum Gasteiger partial charge on any atom is -0.453 e. The van der Waals surface area contributed by atoms with E-state index in [0.717, 1.165) is 6.42 Å². The van der Waals surface area contributed by atoms with Crippen LogP contribution in [0.15, 0.2) is 5.38 Å². The zero-order chi connectivity index (χ0) is 13.5. The summed E-state index contributed by atoms with van der Waals surface area (Å²) in [6.45, 7) is 3.95. The van der Waals surface area contributed by atoms with E-state index in [-0.39, 0.29) is 18.4 Å². The van der Waals surface area contributed by atoms with Gasteiger partial charge in [-0.05, 0) is 13.3 Å². The molecule has 0 spiro atoms. The van der Waals surface area contributed by atoms with Gasteiger partial charge in [0.05, 0.1) is 19.2 Å². The van der Waals surface area contributed by atoms with Crippen molar-refractivity contribution in [3.05, 3.63) is 11.1 Å². The molecule has 2 N–H and O–H groups in total. The highest BCUT2D eigenvalue weighted by molar-refractivity contribution is 7.13. The standard InChI is InChI=1S/C11H17N3O3S/c1-4-7(2)12-9(15)5-8-6-18-10(13-8)14-11(16)17-3/h6-7H,4-5H2,1-3H3,(H,12,15)(H,13,14,16)/t7-/m1/s1. The third-order valence-electron chi connectivity index (χ3n) is 2.31. The van der Waals surface area contributed by atoms with Crippen LogP contribution in [0.4, 0.5) is 9.93 Å². The third-order valence-corrected chi connectivity index (χ3v) is 3.11. The van der Waals surface area contributed by atoms with Crippen molar-refractivity contribution in [3.8, 4) is 0 Å². The Kier molecular flexibility index (Phi) is 5.57. The molecule has 18 heavy (non-hydrogen) atoms. The molecule has 100 valence electrons. The minimum absolute atomic E-state index is 0.0701. The monoisotopic (exact) mass is 271 g/mol. The van der Waals surface area contributed by atoms with E-state index < -0.39 is 6.09 Å². The molecule has 1 aromatic rings. The number of ether oxygens (including phenoxy) is 1. The van der Waals surface area contributed by atoms with E-state index >= 15 is 0 Å². The van der Waals surface area contributed by atoms with Crippen LogP contribution >= 0.6 is 11.3 Å². The number of thiazole rings is 1. The van der Waals surface area contributed by atoms with Crippen molar-refractivity contribution in [3.63, 3.8) is 0 Å². The smallest absolute Gasteiger partial charge is 0.413 e. The van der Waals surface area contributed by atoms with Crippen molar-refractivity contribution < 1.29 is 14.3 Å². The number of aromatic nitrogens is 1. The van der Waals surface area contributed by atoms with Crippen LogP contribution < -0.4 is 10.6 Å². The molecule has 0 unspecified atom stereocenters. The molecule has 0 bridgehead atoms. The van der Waals surface area contributed by atoms with E-state index in [4.69, 9.17) is 0 Å². The highest BCUT2D eigenvalue weighted by Gasteiger charge is 2.11. The summed E-state index contributed by atoms with van der Waals surface area (Å²) in [6, 6.07) is 0.156.